The third-order valence-corrected chi connectivity index (χ3v) is 4.54. The van der Waals surface area contributed by atoms with Crippen LogP contribution in [0, 0.1) is 24.2 Å². The van der Waals surface area contributed by atoms with Gasteiger partial charge in [-0.1, -0.05) is 0 Å². The minimum atomic E-state index is -0.719. The second kappa shape index (κ2) is 5.65. The first-order valence-electron chi connectivity index (χ1n) is 7.76. The van der Waals surface area contributed by atoms with Gasteiger partial charge in [0.1, 0.15) is 11.4 Å². The van der Waals surface area contributed by atoms with E-state index in [0.717, 1.165) is 37.3 Å². The molecule has 0 radical (unpaired) electrons. The summed E-state index contributed by atoms with van der Waals surface area (Å²) in [6.07, 6.45) is 4.80. The lowest BCUT2D eigenvalue weighted by Crippen LogP contribution is -2.50. The molecule has 3 rings (SSSR count). The summed E-state index contributed by atoms with van der Waals surface area (Å²) in [5, 5.41) is 12.2. The van der Waals surface area contributed by atoms with Crippen LogP contribution in [0.2, 0.25) is 0 Å². The predicted molar refractivity (Wildman–Crippen MR) is 80.6 cm³/mol. The summed E-state index contributed by atoms with van der Waals surface area (Å²) in [6.45, 7) is 5.50. The van der Waals surface area contributed by atoms with Crippen molar-refractivity contribution < 1.29 is 4.79 Å². The van der Waals surface area contributed by atoms with E-state index in [9.17, 15) is 10.1 Å². The topological polar surface area (TPSA) is 81.9 Å². The van der Waals surface area contributed by atoms with Gasteiger partial charge in [0.25, 0.3) is 0 Å². The van der Waals surface area contributed by atoms with Gasteiger partial charge in [-0.25, -0.2) is 9.97 Å². The normalized spacial score (nSPS) is 20.6. The molecule has 1 N–H and O–H groups in total. The van der Waals surface area contributed by atoms with Crippen molar-refractivity contribution in [3.05, 3.63) is 23.3 Å². The molecule has 1 saturated carbocycles. The summed E-state index contributed by atoms with van der Waals surface area (Å²) in [4.78, 5) is 23.0. The maximum absolute atomic E-state index is 12.3. The molecule has 1 aliphatic carbocycles. The number of carbonyl (C=O) groups excluding carboxylic acids is 1. The summed E-state index contributed by atoms with van der Waals surface area (Å²) < 4.78 is 0. The van der Waals surface area contributed by atoms with Gasteiger partial charge >= 0.3 is 0 Å². The summed E-state index contributed by atoms with van der Waals surface area (Å²) in [5.74, 6) is 0.986. The lowest BCUT2D eigenvalue weighted by Gasteiger charge is -2.29. The van der Waals surface area contributed by atoms with Crippen LogP contribution in [-0.2, 0) is 17.8 Å². The second-order valence-electron chi connectivity index (χ2n) is 6.49. The number of nitrogens with zero attached hydrogens (tertiary/aromatic N) is 4. The van der Waals surface area contributed by atoms with E-state index in [1.165, 1.54) is 5.56 Å². The fraction of sp³-hybridized carbons (Fsp3) is 0.625. The van der Waals surface area contributed by atoms with Crippen LogP contribution >= 0.6 is 0 Å². The fourth-order valence-electron chi connectivity index (χ4n) is 3.01. The molecule has 0 aromatic carbocycles. The van der Waals surface area contributed by atoms with Crippen molar-refractivity contribution in [3.63, 3.8) is 0 Å². The maximum Gasteiger partial charge on any atom is 0.235 e. The first-order valence-corrected chi connectivity index (χ1v) is 7.76. The van der Waals surface area contributed by atoms with Gasteiger partial charge in [0.05, 0.1) is 18.3 Å². The van der Waals surface area contributed by atoms with Gasteiger partial charge in [0, 0.05) is 19.3 Å². The molecular formula is C16H21N5O. The van der Waals surface area contributed by atoms with E-state index in [1.807, 2.05) is 20.0 Å². The standard InChI is InChI=1S/C16H21N5O/c1-11-18-7-12-5-6-21(8-14(12)19-11)9-15(22)20-16(2,10-17)13-3-4-13/h7,13H,3-6,8-9H2,1-2H3,(H,20,22). The number of amides is 1. The first kappa shape index (κ1) is 14.9. The lowest BCUT2D eigenvalue weighted by atomic mass is 9.98. The molecule has 1 aliphatic heterocycles. The summed E-state index contributed by atoms with van der Waals surface area (Å²) in [5.41, 5.74) is 1.46. The molecule has 1 atom stereocenters. The SMILES string of the molecule is Cc1ncc2c(n1)CN(CC(=O)NC(C)(C#N)C1CC1)CC2. The number of aromatic nitrogens is 2. The van der Waals surface area contributed by atoms with Crippen LogP contribution in [-0.4, -0.2) is 39.4 Å². The minimum Gasteiger partial charge on any atom is -0.337 e. The van der Waals surface area contributed by atoms with E-state index in [2.05, 4.69) is 26.3 Å². The molecule has 0 spiro atoms. The largest absolute Gasteiger partial charge is 0.337 e. The fourth-order valence-corrected chi connectivity index (χ4v) is 3.01. The molecule has 6 heteroatoms. The smallest absolute Gasteiger partial charge is 0.235 e. The Morgan fingerprint density at radius 2 is 2.36 bits per heavy atom. The zero-order chi connectivity index (χ0) is 15.7. The van der Waals surface area contributed by atoms with Crippen molar-refractivity contribution in [1.82, 2.24) is 20.2 Å². The molecule has 1 aromatic rings. The molecular weight excluding hydrogens is 278 g/mol. The number of fused-ring (bicyclic) bond motifs is 1. The quantitative estimate of drug-likeness (QED) is 0.895. The average molecular weight is 299 g/mol. The van der Waals surface area contributed by atoms with Gasteiger partial charge in [-0.2, -0.15) is 5.26 Å². The Labute approximate surface area is 130 Å². The van der Waals surface area contributed by atoms with Crippen molar-refractivity contribution >= 4 is 5.91 Å². The highest BCUT2D eigenvalue weighted by molar-refractivity contribution is 5.79. The Morgan fingerprint density at radius 1 is 1.59 bits per heavy atom. The van der Waals surface area contributed by atoms with E-state index in [0.29, 0.717) is 19.0 Å². The highest BCUT2D eigenvalue weighted by Gasteiger charge is 2.43. The lowest BCUT2D eigenvalue weighted by molar-refractivity contribution is -0.123. The Bertz CT molecular complexity index is 634. The van der Waals surface area contributed by atoms with Crippen LogP contribution in [0.25, 0.3) is 0 Å². The molecule has 116 valence electrons. The molecule has 2 heterocycles. The summed E-state index contributed by atoms with van der Waals surface area (Å²) in [6, 6.07) is 2.26. The Kier molecular flexibility index (Phi) is 3.83. The van der Waals surface area contributed by atoms with Crippen molar-refractivity contribution in [3.8, 4) is 6.07 Å². The van der Waals surface area contributed by atoms with Crippen molar-refractivity contribution in [1.29, 1.82) is 5.26 Å². The van der Waals surface area contributed by atoms with Crippen LogP contribution in [0.3, 0.4) is 0 Å². The average Bonchev–Trinajstić information content (AvgIpc) is 3.31. The Hall–Kier alpha value is -2.00. The number of nitrogens with one attached hydrogen (secondary N) is 1. The molecule has 0 saturated heterocycles. The van der Waals surface area contributed by atoms with Crippen molar-refractivity contribution in [2.45, 2.75) is 45.2 Å². The Morgan fingerprint density at radius 3 is 3.05 bits per heavy atom. The Balaban J connectivity index is 1.60. The van der Waals surface area contributed by atoms with Gasteiger partial charge in [-0.05, 0) is 44.6 Å². The molecule has 2 aliphatic rings. The number of rotatable bonds is 4. The second-order valence-corrected chi connectivity index (χ2v) is 6.49. The number of hydrogen-bond acceptors (Lipinski definition) is 5. The van der Waals surface area contributed by atoms with Crippen LogP contribution in [0.15, 0.2) is 6.20 Å². The van der Waals surface area contributed by atoms with Crippen LogP contribution < -0.4 is 5.32 Å². The summed E-state index contributed by atoms with van der Waals surface area (Å²) in [7, 11) is 0. The molecule has 22 heavy (non-hydrogen) atoms. The van der Waals surface area contributed by atoms with Crippen LogP contribution in [0.5, 0.6) is 0 Å². The van der Waals surface area contributed by atoms with Gasteiger partial charge < -0.3 is 5.32 Å². The number of aryl methyl sites for hydroxylation is 1. The third kappa shape index (κ3) is 3.09. The van der Waals surface area contributed by atoms with E-state index in [1.54, 1.807) is 0 Å². The van der Waals surface area contributed by atoms with Crippen LogP contribution in [0.1, 0.15) is 36.8 Å². The minimum absolute atomic E-state index is 0.0785. The first-order chi connectivity index (χ1) is 10.5. The third-order valence-electron chi connectivity index (χ3n) is 4.54. The number of carbonyl (C=O) groups is 1. The molecule has 1 aromatic heterocycles. The highest BCUT2D eigenvalue weighted by Crippen LogP contribution is 2.39. The van der Waals surface area contributed by atoms with E-state index < -0.39 is 5.54 Å². The zero-order valence-corrected chi connectivity index (χ0v) is 13.1. The molecule has 1 unspecified atom stereocenters. The highest BCUT2D eigenvalue weighted by atomic mass is 16.2. The predicted octanol–water partition coefficient (Wildman–Crippen LogP) is 0.952. The van der Waals surface area contributed by atoms with Gasteiger partial charge in [0.2, 0.25) is 5.91 Å². The van der Waals surface area contributed by atoms with Crippen molar-refractivity contribution in [2.24, 2.45) is 5.92 Å². The van der Waals surface area contributed by atoms with E-state index in [4.69, 9.17) is 0 Å². The maximum atomic E-state index is 12.3. The molecule has 0 bridgehead atoms. The molecule has 6 nitrogen and oxygen atoms in total. The summed E-state index contributed by atoms with van der Waals surface area (Å²) >= 11 is 0. The number of nitriles is 1. The van der Waals surface area contributed by atoms with Gasteiger partial charge in [0.15, 0.2) is 0 Å². The van der Waals surface area contributed by atoms with Gasteiger partial charge in [-0.15, -0.1) is 0 Å². The van der Waals surface area contributed by atoms with E-state index in [-0.39, 0.29) is 5.91 Å². The monoisotopic (exact) mass is 299 g/mol. The van der Waals surface area contributed by atoms with E-state index >= 15 is 0 Å². The van der Waals surface area contributed by atoms with Crippen molar-refractivity contribution in [2.75, 3.05) is 13.1 Å². The zero-order valence-electron chi connectivity index (χ0n) is 13.1. The molecule has 1 fully saturated rings. The van der Waals surface area contributed by atoms with Crippen LogP contribution in [0.4, 0.5) is 0 Å². The number of hydrogen-bond donors (Lipinski definition) is 1. The molecule has 1 amide bonds. The van der Waals surface area contributed by atoms with Gasteiger partial charge in [-0.3, -0.25) is 9.69 Å².